The van der Waals surface area contributed by atoms with Crippen molar-refractivity contribution in [3.8, 4) is 0 Å². The fourth-order valence-electron chi connectivity index (χ4n) is 3.43. The number of aromatic amines is 1. The Labute approximate surface area is 160 Å². The molecule has 0 fully saturated rings. The number of para-hydroxylation sites is 1. The maximum Gasteiger partial charge on any atom is 0.307 e. The van der Waals surface area contributed by atoms with Crippen LogP contribution in [0.5, 0.6) is 0 Å². The number of aromatic nitrogens is 1. The van der Waals surface area contributed by atoms with Crippen molar-refractivity contribution in [2.24, 2.45) is 0 Å². The lowest BCUT2D eigenvalue weighted by atomic mass is 10.0. The van der Waals surface area contributed by atoms with E-state index in [4.69, 9.17) is 4.74 Å². The van der Waals surface area contributed by atoms with Crippen molar-refractivity contribution in [2.75, 3.05) is 6.61 Å². The van der Waals surface area contributed by atoms with Crippen LogP contribution in [0.4, 0.5) is 0 Å². The van der Waals surface area contributed by atoms with Crippen LogP contribution in [0.25, 0.3) is 10.9 Å². The van der Waals surface area contributed by atoms with Gasteiger partial charge in [-0.15, -0.1) is 0 Å². The molecule has 1 aromatic heterocycles. The number of H-pyrrole nitrogens is 1. The lowest BCUT2D eigenvalue weighted by Gasteiger charge is -2.19. The Balaban J connectivity index is 1.65. The highest BCUT2D eigenvalue weighted by Gasteiger charge is 2.16. The van der Waals surface area contributed by atoms with Crippen molar-refractivity contribution in [2.45, 2.75) is 45.7 Å². The first-order valence-corrected chi connectivity index (χ1v) is 9.66. The van der Waals surface area contributed by atoms with Crippen LogP contribution >= 0.6 is 0 Å². The number of hydrogen-bond donors (Lipinski definition) is 2. The molecule has 4 heteroatoms. The number of benzene rings is 2. The summed E-state index contributed by atoms with van der Waals surface area (Å²) in [7, 11) is 0. The minimum Gasteiger partial charge on any atom is -0.466 e. The molecule has 0 radical (unpaired) electrons. The fraction of sp³-hybridized carbons (Fsp3) is 0.348. The average Bonchev–Trinajstić information content (AvgIpc) is 3.08. The summed E-state index contributed by atoms with van der Waals surface area (Å²) in [5.74, 6) is -0.140. The number of fused-ring (bicyclic) bond motifs is 1. The van der Waals surface area contributed by atoms with E-state index in [1.807, 2.05) is 19.1 Å². The Bertz CT molecular complexity index is 885. The quantitative estimate of drug-likeness (QED) is 0.549. The summed E-state index contributed by atoms with van der Waals surface area (Å²) >= 11 is 0. The van der Waals surface area contributed by atoms with Crippen molar-refractivity contribution in [1.82, 2.24) is 10.3 Å². The predicted molar refractivity (Wildman–Crippen MR) is 110 cm³/mol. The standard InChI is InChI=1S/C23H28N2O2/c1-3-27-23(26)14-20(24-15-18-9-5-4-8-17(18)2)13-12-19-16-25-22-11-7-6-10-21(19)22/h4-11,16,20,24-25H,3,12-15H2,1-2H3. The third kappa shape index (κ3) is 5.20. The molecule has 2 aromatic carbocycles. The molecule has 0 spiro atoms. The van der Waals surface area contributed by atoms with E-state index in [-0.39, 0.29) is 12.0 Å². The van der Waals surface area contributed by atoms with E-state index in [1.165, 1.54) is 22.1 Å². The molecule has 4 nitrogen and oxygen atoms in total. The van der Waals surface area contributed by atoms with Gasteiger partial charge in [-0.1, -0.05) is 42.5 Å². The van der Waals surface area contributed by atoms with Crippen LogP contribution in [0.3, 0.4) is 0 Å². The van der Waals surface area contributed by atoms with Crippen molar-refractivity contribution in [1.29, 1.82) is 0 Å². The Kier molecular flexibility index (Phi) is 6.66. The Hall–Kier alpha value is -2.59. The number of ether oxygens (including phenoxy) is 1. The first-order chi connectivity index (χ1) is 13.2. The number of rotatable bonds is 9. The van der Waals surface area contributed by atoms with Gasteiger partial charge >= 0.3 is 5.97 Å². The summed E-state index contributed by atoms with van der Waals surface area (Å²) in [5.41, 5.74) is 4.97. The smallest absolute Gasteiger partial charge is 0.307 e. The zero-order valence-corrected chi connectivity index (χ0v) is 16.1. The minimum atomic E-state index is -0.140. The lowest BCUT2D eigenvalue weighted by Crippen LogP contribution is -2.32. The molecule has 1 heterocycles. The van der Waals surface area contributed by atoms with E-state index in [1.54, 1.807) is 0 Å². The monoisotopic (exact) mass is 364 g/mol. The fourth-order valence-corrected chi connectivity index (χ4v) is 3.43. The van der Waals surface area contributed by atoms with Gasteiger partial charge in [0.25, 0.3) is 0 Å². The van der Waals surface area contributed by atoms with Crippen LogP contribution in [-0.2, 0) is 22.5 Å². The van der Waals surface area contributed by atoms with Crippen LogP contribution in [-0.4, -0.2) is 23.6 Å². The van der Waals surface area contributed by atoms with Gasteiger partial charge in [0.15, 0.2) is 0 Å². The van der Waals surface area contributed by atoms with Crippen LogP contribution in [0.2, 0.25) is 0 Å². The molecule has 1 unspecified atom stereocenters. The van der Waals surface area contributed by atoms with E-state index >= 15 is 0 Å². The van der Waals surface area contributed by atoms with Gasteiger partial charge < -0.3 is 15.0 Å². The summed E-state index contributed by atoms with van der Waals surface area (Å²) in [6.07, 6.45) is 4.26. The minimum absolute atomic E-state index is 0.0809. The maximum atomic E-state index is 12.0. The molecule has 0 saturated carbocycles. The van der Waals surface area contributed by atoms with Crippen LogP contribution in [0, 0.1) is 6.92 Å². The van der Waals surface area contributed by atoms with Gasteiger partial charge in [0.2, 0.25) is 0 Å². The molecule has 142 valence electrons. The zero-order chi connectivity index (χ0) is 19.1. The summed E-state index contributed by atoms with van der Waals surface area (Å²) in [4.78, 5) is 15.4. The number of nitrogens with one attached hydrogen (secondary N) is 2. The third-order valence-electron chi connectivity index (χ3n) is 5.00. The highest BCUT2D eigenvalue weighted by molar-refractivity contribution is 5.83. The van der Waals surface area contributed by atoms with Crippen LogP contribution < -0.4 is 5.32 Å². The molecule has 0 bridgehead atoms. The summed E-state index contributed by atoms with van der Waals surface area (Å²) in [5, 5.41) is 4.82. The second kappa shape index (κ2) is 9.38. The molecule has 0 aliphatic rings. The molecule has 0 aliphatic heterocycles. The number of esters is 1. The Morgan fingerprint density at radius 3 is 2.70 bits per heavy atom. The van der Waals surface area contributed by atoms with Gasteiger partial charge in [-0.3, -0.25) is 4.79 Å². The van der Waals surface area contributed by atoms with Crippen molar-refractivity contribution in [3.63, 3.8) is 0 Å². The van der Waals surface area contributed by atoms with Crippen molar-refractivity contribution in [3.05, 3.63) is 71.4 Å². The van der Waals surface area contributed by atoms with Crippen molar-refractivity contribution < 1.29 is 9.53 Å². The van der Waals surface area contributed by atoms with E-state index in [2.05, 4.69) is 59.8 Å². The highest BCUT2D eigenvalue weighted by Crippen LogP contribution is 2.20. The summed E-state index contributed by atoms with van der Waals surface area (Å²) < 4.78 is 5.17. The Morgan fingerprint density at radius 1 is 1.11 bits per heavy atom. The molecule has 0 saturated heterocycles. The van der Waals surface area contributed by atoms with Gasteiger partial charge in [0.1, 0.15) is 0 Å². The predicted octanol–water partition coefficient (Wildman–Crippen LogP) is 4.52. The SMILES string of the molecule is CCOC(=O)CC(CCc1c[nH]c2ccccc12)NCc1ccccc1C. The third-order valence-corrected chi connectivity index (χ3v) is 5.00. The molecule has 3 aromatic rings. The Morgan fingerprint density at radius 2 is 1.89 bits per heavy atom. The molecule has 2 N–H and O–H groups in total. The molecule has 1 atom stereocenters. The van der Waals surface area contributed by atoms with Crippen molar-refractivity contribution >= 4 is 16.9 Å². The largest absolute Gasteiger partial charge is 0.466 e. The van der Waals surface area contributed by atoms with E-state index in [9.17, 15) is 4.79 Å². The molecular formula is C23H28N2O2. The molecule has 0 aliphatic carbocycles. The van der Waals surface area contributed by atoms with Gasteiger partial charge in [-0.05, 0) is 49.4 Å². The van der Waals surface area contributed by atoms with Crippen LogP contribution in [0.1, 0.15) is 36.5 Å². The van der Waals surface area contributed by atoms with Gasteiger partial charge in [-0.25, -0.2) is 0 Å². The highest BCUT2D eigenvalue weighted by atomic mass is 16.5. The summed E-state index contributed by atoms with van der Waals surface area (Å²) in [6.45, 7) is 5.14. The van der Waals surface area contributed by atoms with E-state index < -0.39 is 0 Å². The lowest BCUT2D eigenvalue weighted by molar-refractivity contribution is -0.143. The van der Waals surface area contributed by atoms with Gasteiger partial charge in [0.05, 0.1) is 13.0 Å². The van der Waals surface area contributed by atoms with E-state index in [0.29, 0.717) is 13.0 Å². The second-order valence-corrected chi connectivity index (χ2v) is 6.91. The number of hydrogen-bond acceptors (Lipinski definition) is 3. The maximum absolute atomic E-state index is 12.0. The molecular weight excluding hydrogens is 336 g/mol. The normalized spacial score (nSPS) is 12.2. The summed E-state index contributed by atoms with van der Waals surface area (Å²) in [6, 6.07) is 16.8. The molecule has 0 amide bonds. The van der Waals surface area contributed by atoms with E-state index in [0.717, 1.165) is 24.9 Å². The zero-order valence-electron chi connectivity index (χ0n) is 16.1. The first-order valence-electron chi connectivity index (χ1n) is 9.66. The molecule has 3 rings (SSSR count). The molecule has 27 heavy (non-hydrogen) atoms. The number of carbonyl (C=O) groups is 1. The second-order valence-electron chi connectivity index (χ2n) is 6.91. The van der Waals surface area contributed by atoms with Gasteiger partial charge in [-0.2, -0.15) is 0 Å². The average molecular weight is 364 g/mol. The number of aryl methyl sites for hydroxylation is 2. The van der Waals surface area contributed by atoms with Gasteiger partial charge in [0, 0.05) is 29.7 Å². The van der Waals surface area contributed by atoms with Crippen LogP contribution in [0.15, 0.2) is 54.7 Å². The number of carbonyl (C=O) groups excluding carboxylic acids is 1. The first kappa shape index (κ1) is 19.2. The topological polar surface area (TPSA) is 54.1 Å².